The van der Waals surface area contributed by atoms with E-state index in [1.807, 2.05) is 20.8 Å². The second kappa shape index (κ2) is 6.13. The maximum Gasteiger partial charge on any atom is 0.296 e. The highest BCUT2D eigenvalue weighted by Gasteiger charge is 2.38. The van der Waals surface area contributed by atoms with Gasteiger partial charge in [0.25, 0.3) is 10.1 Å². The molecule has 0 spiro atoms. The quantitative estimate of drug-likeness (QED) is 0.479. The minimum atomic E-state index is -3.83. The molecule has 124 valence electrons. The number of hydrazine groups is 1. The summed E-state index contributed by atoms with van der Waals surface area (Å²) in [5, 5.41) is 0. The van der Waals surface area contributed by atoms with Crippen LogP contribution in [0.2, 0.25) is 0 Å². The Hall–Kier alpha value is -1.19. The molecule has 8 heteroatoms. The van der Waals surface area contributed by atoms with Gasteiger partial charge in [-0.2, -0.15) is 8.42 Å². The van der Waals surface area contributed by atoms with Crippen LogP contribution in [0.3, 0.4) is 0 Å². The SMILES string of the molecule is CC1(COS(=O)(=O)c2ccc(NN)cc2)COC(C)(C)OC1. The normalized spacial score (nSPS) is 20.5. The number of anilines is 1. The first-order valence-electron chi connectivity index (χ1n) is 6.90. The topological polar surface area (TPSA) is 99.9 Å². The zero-order valence-corrected chi connectivity index (χ0v) is 13.8. The Morgan fingerprint density at radius 1 is 1.18 bits per heavy atom. The second-order valence-electron chi connectivity index (χ2n) is 6.17. The first-order chi connectivity index (χ1) is 10.2. The van der Waals surface area contributed by atoms with Gasteiger partial charge >= 0.3 is 0 Å². The molecule has 1 aromatic rings. The molecule has 1 aliphatic heterocycles. The summed E-state index contributed by atoms with van der Waals surface area (Å²) < 4.78 is 40.7. The van der Waals surface area contributed by atoms with E-state index in [-0.39, 0.29) is 11.5 Å². The van der Waals surface area contributed by atoms with Gasteiger partial charge in [-0.15, -0.1) is 0 Å². The minimum Gasteiger partial charge on any atom is -0.350 e. The van der Waals surface area contributed by atoms with Crippen LogP contribution in [0.25, 0.3) is 0 Å². The molecule has 0 saturated carbocycles. The molecule has 1 fully saturated rings. The van der Waals surface area contributed by atoms with Crippen molar-refractivity contribution in [1.29, 1.82) is 0 Å². The zero-order chi connectivity index (χ0) is 16.4. The van der Waals surface area contributed by atoms with E-state index in [1.165, 1.54) is 12.1 Å². The summed E-state index contributed by atoms with van der Waals surface area (Å²) in [6.45, 7) is 6.22. The third-order valence-electron chi connectivity index (χ3n) is 3.41. The molecule has 0 atom stereocenters. The average Bonchev–Trinajstić information content (AvgIpc) is 2.49. The first-order valence-corrected chi connectivity index (χ1v) is 8.31. The Kier molecular flexibility index (Phi) is 4.78. The Labute approximate surface area is 130 Å². The molecule has 0 aliphatic carbocycles. The summed E-state index contributed by atoms with van der Waals surface area (Å²) in [7, 11) is -3.83. The van der Waals surface area contributed by atoms with Crippen LogP contribution in [0.5, 0.6) is 0 Å². The van der Waals surface area contributed by atoms with Crippen LogP contribution in [0, 0.1) is 5.41 Å². The van der Waals surface area contributed by atoms with Gasteiger partial charge in [-0.3, -0.25) is 10.0 Å². The van der Waals surface area contributed by atoms with E-state index in [0.29, 0.717) is 18.9 Å². The van der Waals surface area contributed by atoms with E-state index < -0.39 is 21.3 Å². The lowest BCUT2D eigenvalue weighted by molar-refractivity contribution is -0.285. The summed E-state index contributed by atoms with van der Waals surface area (Å²) in [5.74, 6) is 4.60. The number of benzene rings is 1. The summed E-state index contributed by atoms with van der Waals surface area (Å²) in [6.07, 6.45) is 0. The van der Waals surface area contributed by atoms with Crippen molar-refractivity contribution in [1.82, 2.24) is 0 Å². The molecular formula is C14H22N2O5S. The molecule has 2 rings (SSSR count). The summed E-state index contributed by atoms with van der Waals surface area (Å²) in [5.41, 5.74) is 2.53. The van der Waals surface area contributed by atoms with Gasteiger partial charge in [-0.05, 0) is 38.1 Å². The molecule has 7 nitrogen and oxygen atoms in total. The van der Waals surface area contributed by atoms with Crippen molar-refractivity contribution in [2.75, 3.05) is 25.2 Å². The maximum absolute atomic E-state index is 12.2. The van der Waals surface area contributed by atoms with Crippen molar-refractivity contribution in [3.63, 3.8) is 0 Å². The summed E-state index contributed by atoms with van der Waals surface area (Å²) in [6, 6.07) is 5.99. The number of nitrogens with two attached hydrogens (primary N) is 1. The maximum atomic E-state index is 12.2. The Morgan fingerprint density at radius 3 is 2.23 bits per heavy atom. The summed E-state index contributed by atoms with van der Waals surface area (Å²) >= 11 is 0. The Morgan fingerprint density at radius 2 is 1.73 bits per heavy atom. The minimum absolute atomic E-state index is 0.0116. The molecule has 1 aromatic carbocycles. The predicted molar refractivity (Wildman–Crippen MR) is 81.5 cm³/mol. The largest absolute Gasteiger partial charge is 0.350 e. The molecule has 0 aromatic heterocycles. The average molecular weight is 330 g/mol. The molecule has 0 amide bonds. The molecule has 1 aliphatic rings. The molecule has 0 radical (unpaired) electrons. The van der Waals surface area contributed by atoms with Gasteiger partial charge in [0.15, 0.2) is 5.79 Å². The predicted octanol–water partition coefficient (Wildman–Crippen LogP) is 1.47. The van der Waals surface area contributed by atoms with Crippen LogP contribution in [-0.2, 0) is 23.8 Å². The number of rotatable bonds is 5. The van der Waals surface area contributed by atoms with E-state index in [0.717, 1.165) is 0 Å². The Balaban J connectivity index is 2.00. The zero-order valence-electron chi connectivity index (χ0n) is 13.0. The van der Waals surface area contributed by atoms with Crippen LogP contribution in [-0.4, -0.2) is 34.0 Å². The number of hydrogen-bond acceptors (Lipinski definition) is 7. The number of nitrogens with one attached hydrogen (secondary N) is 1. The second-order valence-corrected chi connectivity index (χ2v) is 7.79. The third-order valence-corrected chi connectivity index (χ3v) is 4.69. The highest BCUT2D eigenvalue weighted by Crippen LogP contribution is 2.30. The number of ether oxygens (including phenoxy) is 2. The van der Waals surface area contributed by atoms with E-state index in [2.05, 4.69) is 5.43 Å². The van der Waals surface area contributed by atoms with Gasteiger partial charge in [0.05, 0.1) is 24.7 Å². The standard InChI is InChI=1S/C14H22N2O5S/c1-13(2)19-8-14(3,9-20-13)10-21-22(17,18)12-6-4-11(16-15)5-7-12/h4-7,16H,8-10,15H2,1-3H3. The first kappa shape index (κ1) is 17.2. The molecule has 1 saturated heterocycles. The van der Waals surface area contributed by atoms with Crippen molar-refractivity contribution in [2.45, 2.75) is 31.5 Å². The van der Waals surface area contributed by atoms with Crippen LogP contribution < -0.4 is 11.3 Å². The van der Waals surface area contributed by atoms with Gasteiger partial charge in [-0.1, -0.05) is 6.92 Å². The fraction of sp³-hybridized carbons (Fsp3) is 0.571. The van der Waals surface area contributed by atoms with E-state index in [9.17, 15) is 8.42 Å². The highest BCUT2D eigenvalue weighted by atomic mass is 32.2. The van der Waals surface area contributed by atoms with Crippen molar-refractivity contribution in [2.24, 2.45) is 11.3 Å². The van der Waals surface area contributed by atoms with Crippen LogP contribution >= 0.6 is 0 Å². The van der Waals surface area contributed by atoms with Crippen molar-refractivity contribution < 1.29 is 22.1 Å². The van der Waals surface area contributed by atoms with Crippen LogP contribution in [0.15, 0.2) is 29.2 Å². The van der Waals surface area contributed by atoms with Crippen molar-refractivity contribution in [3.8, 4) is 0 Å². The fourth-order valence-electron chi connectivity index (χ4n) is 1.87. The van der Waals surface area contributed by atoms with Crippen molar-refractivity contribution in [3.05, 3.63) is 24.3 Å². The highest BCUT2D eigenvalue weighted by molar-refractivity contribution is 7.86. The van der Waals surface area contributed by atoms with Crippen LogP contribution in [0.1, 0.15) is 20.8 Å². The van der Waals surface area contributed by atoms with E-state index in [1.54, 1.807) is 12.1 Å². The van der Waals surface area contributed by atoms with E-state index >= 15 is 0 Å². The van der Waals surface area contributed by atoms with Gasteiger partial charge in [0, 0.05) is 11.1 Å². The molecule has 0 unspecified atom stereocenters. The fourth-order valence-corrected chi connectivity index (χ4v) is 2.91. The molecule has 3 N–H and O–H groups in total. The molecule has 22 heavy (non-hydrogen) atoms. The smallest absolute Gasteiger partial charge is 0.296 e. The van der Waals surface area contributed by atoms with Gasteiger partial charge < -0.3 is 14.9 Å². The lowest BCUT2D eigenvalue weighted by atomic mass is 9.93. The lowest BCUT2D eigenvalue weighted by Gasteiger charge is -2.40. The van der Waals surface area contributed by atoms with Gasteiger partial charge in [0.1, 0.15) is 0 Å². The number of nitrogen functional groups attached to an aromatic ring is 1. The summed E-state index contributed by atoms with van der Waals surface area (Å²) in [4.78, 5) is 0.0769. The van der Waals surface area contributed by atoms with Gasteiger partial charge in [-0.25, -0.2) is 0 Å². The van der Waals surface area contributed by atoms with E-state index in [4.69, 9.17) is 19.5 Å². The van der Waals surface area contributed by atoms with Crippen LogP contribution in [0.4, 0.5) is 5.69 Å². The van der Waals surface area contributed by atoms with Gasteiger partial charge in [0.2, 0.25) is 0 Å². The molecule has 1 heterocycles. The molecular weight excluding hydrogens is 308 g/mol. The monoisotopic (exact) mass is 330 g/mol. The lowest BCUT2D eigenvalue weighted by Crippen LogP contribution is -2.47. The third kappa shape index (κ3) is 4.17. The Bertz CT molecular complexity index is 603. The molecule has 0 bridgehead atoms. The van der Waals surface area contributed by atoms with Crippen molar-refractivity contribution >= 4 is 15.8 Å². The number of hydrogen-bond donors (Lipinski definition) is 2.